The van der Waals surface area contributed by atoms with Crippen molar-refractivity contribution in [3.05, 3.63) is 42.2 Å². The molecule has 2 N–H and O–H groups in total. The highest BCUT2D eigenvalue weighted by Gasteiger charge is 2.10. The molecule has 0 aliphatic heterocycles. The average Bonchev–Trinajstić information content (AvgIpc) is 3.13. The lowest BCUT2D eigenvalue weighted by Crippen LogP contribution is -2.21. The van der Waals surface area contributed by atoms with Crippen molar-refractivity contribution in [3.8, 4) is 10.8 Å². The Morgan fingerprint density at radius 2 is 2.14 bits per heavy atom. The Balaban J connectivity index is 1.63. The number of thiazole rings is 1. The monoisotopic (exact) mass is 316 g/mol. The Labute approximate surface area is 133 Å². The second kappa shape index (κ2) is 7.05. The van der Waals surface area contributed by atoms with E-state index in [1.165, 1.54) is 4.70 Å². The van der Waals surface area contributed by atoms with Gasteiger partial charge in [0.15, 0.2) is 10.8 Å². The van der Waals surface area contributed by atoms with E-state index in [9.17, 15) is 0 Å². The number of rotatable bonds is 7. The number of hydrogen-bond donors (Lipinski definition) is 2. The van der Waals surface area contributed by atoms with Crippen molar-refractivity contribution in [2.45, 2.75) is 19.9 Å². The standard InChI is InChI=1S/C17H20N2O2S/c1-12(8-9-20)10-18-11-13-6-7-15(21-13)17-19-14-4-2-3-5-16(14)22-17/h2-7,12,18,20H,8-11H2,1H3. The van der Waals surface area contributed by atoms with E-state index in [0.29, 0.717) is 12.5 Å². The molecule has 0 aliphatic rings. The van der Waals surface area contributed by atoms with Gasteiger partial charge in [0.2, 0.25) is 0 Å². The minimum absolute atomic E-state index is 0.241. The highest BCUT2D eigenvalue weighted by molar-refractivity contribution is 7.21. The van der Waals surface area contributed by atoms with Crippen LogP contribution in [0.25, 0.3) is 21.0 Å². The number of nitrogens with zero attached hydrogens (tertiary/aromatic N) is 1. The molecule has 3 aromatic rings. The average molecular weight is 316 g/mol. The van der Waals surface area contributed by atoms with E-state index >= 15 is 0 Å². The molecule has 4 nitrogen and oxygen atoms in total. The summed E-state index contributed by atoms with van der Waals surface area (Å²) < 4.78 is 7.05. The number of aliphatic hydroxyl groups excluding tert-OH is 1. The van der Waals surface area contributed by atoms with Crippen molar-refractivity contribution in [3.63, 3.8) is 0 Å². The molecule has 2 aromatic heterocycles. The van der Waals surface area contributed by atoms with Crippen molar-refractivity contribution in [1.29, 1.82) is 0 Å². The molecule has 1 unspecified atom stereocenters. The Bertz CT molecular complexity index is 702. The van der Waals surface area contributed by atoms with E-state index in [4.69, 9.17) is 9.52 Å². The third-order valence-electron chi connectivity index (χ3n) is 3.58. The van der Waals surface area contributed by atoms with Crippen LogP contribution in [0.2, 0.25) is 0 Å². The van der Waals surface area contributed by atoms with Gasteiger partial charge in [-0.05, 0) is 43.1 Å². The van der Waals surface area contributed by atoms with Crippen LogP contribution >= 0.6 is 11.3 Å². The second-order valence-electron chi connectivity index (χ2n) is 5.50. The van der Waals surface area contributed by atoms with Gasteiger partial charge in [-0.3, -0.25) is 0 Å². The number of aliphatic hydroxyl groups is 1. The summed E-state index contributed by atoms with van der Waals surface area (Å²) in [6.45, 7) is 3.93. The number of benzene rings is 1. The molecule has 1 atom stereocenters. The molecule has 0 saturated heterocycles. The summed E-state index contributed by atoms with van der Waals surface area (Å²) in [7, 11) is 0. The van der Waals surface area contributed by atoms with E-state index in [1.54, 1.807) is 11.3 Å². The molecule has 0 aliphatic carbocycles. The van der Waals surface area contributed by atoms with Crippen molar-refractivity contribution < 1.29 is 9.52 Å². The minimum atomic E-state index is 0.241. The molecule has 0 radical (unpaired) electrons. The number of nitrogens with one attached hydrogen (secondary N) is 1. The third-order valence-corrected chi connectivity index (χ3v) is 4.63. The SMILES string of the molecule is CC(CCO)CNCc1ccc(-c2nc3ccccc3s2)o1. The predicted octanol–water partition coefficient (Wildman–Crippen LogP) is 3.66. The van der Waals surface area contributed by atoms with Crippen LogP contribution in [0.5, 0.6) is 0 Å². The topological polar surface area (TPSA) is 58.3 Å². The van der Waals surface area contributed by atoms with Crippen molar-refractivity contribution in [2.24, 2.45) is 5.92 Å². The first-order valence-electron chi connectivity index (χ1n) is 7.52. The zero-order valence-corrected chi connectivity index (χ0v) is 13.4. The van der Waals surface area contributed by atoms with Crippen LogP contribution in [-0.2, 0) is 6.54 Å². The molecule has 22 heavy (non-hydrogen) atoms. The quantitative estimate of drug-likeness (QED) is 0.698. The first-order chi connectivity index (χ1) is 10.8. The lowest BCUT2D eigenvalue weighted by molar-refractivity contribution is 0.259. The van der Waals surface area contributed by atoms with E-state index in [-0.39, 0.29) is 6.61 Å². The Kier molecular flexibility index (Phi) is 4.87. The van der Waals surface area contributed by atoms with E-state index < -0.39 is 0 Å². The van der Waals surface area contributed by atoms with Crippen LogP contribution in [0.4, 0.5) is 0 Å². The van der Waals surface area contributed by atoms with Crippen LogP contribution < -0.4 is 5.32 Å². The van der Waals surface area contributed by atoms with Crippen molar-refractivity contribution in [1.82, 2.24) is 10.3 Å². The highest BCUT2D eigenvalue weighted by atomic mass is 32.1. The summed E-state index contributed by atoms with van der Waals surface area (Å²) in [6.07, 6.45) is 0.822. The second-order valence-corrected chi connectivity index (χ2v) is 6.53. The maximum Gasteiger partial charge on any atom is 0.163 e. The predicted molar refractivity (Wildman–Crippen MR) is 89.9 cm³/mol. The molecular formula is C17H20N2O2S. The number of para-hydroxylation sites is 1. The first-order valence-corrected chi connectivity index (χ1v) is 8.34. The van der Waals surface area contributed by atoms with Gasteiger partial charge in [-0.1, -0.05) is 19.1 Å². The molecule has 0 fully saturated rings. The van der Waals surface area contributed by atoms with Crippen LogP contribution in [0, 0.1) is 5.92 Å². The molecule has 0 saturated carbocycles. The zero-order chi connectivity index (χ0) is 15.4. The van der Waals surface area contributed by atoms with Gasteiger partial charge < -0.3 is 14.8 Å². The smallest absolute Gasteiger partial charge is 0.163 e. The maximum absolute atomic E-state index is 8.89. The molecular weight excluding hydrogens is 296 g/mol. The Morgan fingerprint density at radius 3 is 2.95 bits per heavy atom. The lowest BCUT2D eigenvalue weighted by Gasteiger charge is -2.09. The van der Waals surface area contributed by atoms with Gasteiger partial charge in [-0.15, -0.1) is 11.3 Å². The van der Waals surface area contributed by atoms with Gasteiger partial charge in [0.05, 0.1) is 16.8 Å². The van der Waals surface area contributed by atoms with E-state index in [2.05, 4.69) is 23.3 Å². The Morgan fingerprint density at radius 1 is 1.27 bits per heavy atom. The van der Waals surface area contributed by atoms with Crippen molar-refractivity contribution in [2.75, 3.05) is 13.2 Å². The summed E-state index contributed by atoms with van der Waals surface area (Å²) in [4.78, 5) is 4.61. The van der Waals surface area contributed by atoms with Crippen LogP contribution in [0.1, 0.15) is 19.1 Å². The molecule has 3 rings (SSSR count). The fourth-order valence-electron chi connectivity index (χ4n) is 2.33. The zero-order valence-electron chi connectivity index (χ0n) is 12.6. The minimum Gasteiger partial charge on any atom is -0.457 e. The lowest BCUT2D eigenvalue weighted by atomic mass is 10.1. The molecule has 5 heteroatoms. The highest BCUT2D eigenvalue weighted by Crippen LogP contribution is 2.31. The van der Waals surface area contributed by atoms with Crippen LogP contribution in [0.15, 0.2) is 40.8 Å². The number of hydrogen-bond acceptors (Lipinski definition) is 5. The fourth-order valence-corrected chi connectivity index (χ4v) is 3.26. The number of furan rings is 1. The summed E-state index contributed by atoms with van der Waals surface area (Å²) in [5, 5.41) is 13.2. The van der Waals surface area contributed by atoms with Gasteiger partial charge in [0.25, 0.3) is 0 Å². The Hall–Kier alpha value is -1.69. The molecule has 0 spiro atoms. The first kappa shape index (κ1) is 15.2. The molecule has 116 valence electrons. The van der Waals surface area contributed by atoms with Gasteiger partial charge in [-0.2, -0.15) is 0 Å². The summed E-state index contributed by atoms with van der Waals surface area (Å²) in [5.41, 5.74) is 1.01. The van der Waals surface area contributed by atoms with Gasteiger partial charge in [0, 0.05) is 6.61 Å². The largest absolute Gasteiger partial charge is 0.457 e. The van der Waals surface area contributed by atoms with E-state index in [1.807, 2.05) is 30.3 Å². The summed E-state index contributed by atoms with van der Waals surface area (Å²) in [6, 6.07) is 12.1. The van der Waals surface area contributed by atoms with Crippen LogP contribution in [0.3, 0.4) is 0 Å². The van der Waals surface area contributed by atoms with Gasteiger partial charge in [0.1, 0.15) is 5.76 Å². The molecule has 0 bridgehead atoms. The van der Waals surface area contributed by atoms with Gasteiger partial charge >= 0.3 is 0 Å². The molecule has 1 aromatic carbocycles. The number of aromatic nitrogens is 1. The van der Waals surface area contributed by atoms with Crippen molar-refractivity contribution >= 4 is 21.6 Å². The normalized spacial score (nSPS) is 12.8. The molecule has 0 amide bonds. The summed E-state index contributed by atoms with van der Waals surface area (Å²) >= 11 is 1.65. The third kappa shape index (κ3) is 3.55. The van der Waals surface area contributed by atoms with Gasteiger partial charge in [-0.25, -0.2) is 4.98 Å². The van der Waals surface area contributed by atoms with E-state index in [0.717, 1.165) is 35.0 Å². The summed E-state index contributed by atoms with van der Waals surface area (Å²) in [5.74, 6) is 2.19. The molecule has 2 heterocycles. The number of fused-ring (bicyclic) bond motifs is 1. The van der Waals surface area contributed by atoms with Crippen LogP contribution in [-0.4, -0.2) is 23.2 Å². The fraction of sp³-hybridized carbons (Fsp3) is 0.353. The maximum atomic E-state index is 8.89.